The summed E-state index contributed by atoms with van der Waals surface area (Å²) in [5.74, 6) is -0.309. The molecule has 1 aromatic rings. The first-order valence-corrected chi connectivity index (χ1v) is 7.72. The smallest absolute Gasteiger partial charge is 0.123 e. The Morgan fingerprint density at radius 1 is 1.40 bits per heavy atom. The first-order valence-electron chi connectivity index (χ1n) is 7.34. The van der Waals surface area contributed by atoms with Crippen molar-refractivity contribution in [2.45, 2.75) is 51.2 Å². The van der Waals surface area contributed by atoms with Crippen molar-refractivity contribution in [1.82, 2.24) is 4.90 Å². The van der Waals surface area contributed by atoms with E-state index in [0.717, 1.165) is 19.5 Å². The highest BCUT2D eigenvalue weighted by molar-refractivity contribution is 6.31. The molecule has 1 N–H and O–H groups in total. The Bertz CT molecular complexity index is 462. The molecule has 0 saturated carbocycles. The van der Waals surface area contributed by atoms with Crippen LogP contribution in [0.25, 0.3) is 0 Å². The Hall–Kier alpha value is -0.640. The first kappa shape index (κ1) is 15.7. The van der Waals surface area contributed by atoms with Crippen LogP contribution >= 0.6 is 11.6 Å². The predicted octanol–water partition coefficient (Wildman–Crippen LogP) is 3.65. The van der Waals surface area contributed by atoms with Gasteiger partial charge in [0.1, 0.15) is 5.82 Å². The minimum absolute atomic E-state index is 0.272. The molecule has 1 heterocycles. The number of hydrogen-bond acceptors (Lipinski definition) is 2. The van der Waals surface area contributed by atoms with Gasteiger partial charge in [0.2, 0.25) is 0 Å². The second-order valence-electron chi connectivity index (χ2n) is 5.86. The van der Waals surface area contributed by atoms with Gasteiger partial charge >= 0.3 is 0 Å². The van der Waals surface area contributed by atoms with Gasteiger partial charge in [-0.05, 0) is 63.0 Å². The first-order chi connectivity index (χ1) is 9.47. The molecule has 1 saturated heterocycles. The predicted molar refractivity (Wildman–Crippen MR) is 80.6 cm³/mol. The van der Waals surface area contributed by atoms with E-state index < -0.39 is 6.10 Å². The van der Waals surface area contributed by atoms with E-state index in [1.807, 2.05) is 0 Å². The fourth-order valence-corrected chi connectivity index (χ4v) is 3.22. The summed E-state index contributed by atoms with van der Waals surface area (Å²) in [7, 11) is 0. The Balaban J connectivity index is 2.16. The molecule has 1 aromatic carbocycles. The number of rotatable bonds is 5. The number of aliphatic hydroxyl groups excluding tert-OH is 1. The monoisotopic (exact) mass is 299 g/mol. The summed E-state index contributed by atoms with van der Waals surface area (Å²) in [6, 6.07) is 4.32. The van der Waals surface area contributed by atoms with Crippen LogP contribution in [-0.2, 0) is 6.42 Å². The van der Waals surface area contributed by atoms with Crippen LogP contribution in [0.5, 0.6) is 0 Å². The normalized spacial score (nSPS) is 20.9. The number of nitrogens with zero attached hydrogens (tertiary/aromatic N) is 1. The Labute approximate surface area is 125 Å². The largest absolute Gasteiger partial charge is 0.391 e. The molecule has 0 radical (unpaired) electrons. The minimum atomic E-state index is -0.551. The van der Waals surface area contributed by atoms with E-state index in [1.54, 1.807) is 6.07 Å². The summed E-state index contributed by atoms with van der Waals surface area (Å²) in [6.07, 6.45) is 3.06. The van der Waals surface area contributed by atoms with Crippen molar-refractivity contribution >= 4 is 11.6 Å². The molecule has 112 valence electrons. The molecule has 0 spiro atoms. The third-order valence-corrected chi connectivity index (χ3v) is 5.05. The quantitative estimate of drug-likeness (QED) is 0.897. The second-order valence-corrected chi connectivity index (χ2v) is 6.27. The Morgan fingerprint density at radius 2 is 2.05 bits per heavy atom. The van der Waals surface area contributed by atoms with E-state index in [-0.39, 0.29) is 11.4 Å². The highest BCUT2D eigenvalue weighted by Crippen LogP contribution is 2.31. The number of halogens is 2. The lowest BCUT2D eigenvalue weighted by Crippen LogP contribution is -2.53. The van der Waals surface area contributed by atoms with E-state index in [4.69, 9.17) is 11.6 Å². The van der Waals surface area contributed by atoms with E-state index in [1.165, 1.54) is 25.0 Å². The van der Waals surface area contributed by atoms with Crippen LogP contribution in [0.15, 0.2) is 18.2 Å². The Kier molecular flexibility index (Phi) is 5.05. The SMILES string of the molecule is CCC(C)(C(O)Cc1cc(F)ccc1Cl)N1CCCC1. The zero-order chi connectivity index (χ0) is 14.8. The highest BCUT2D eigenvalue weighted by Gasteiger charge is 2.38. The molecule has 2 nitrogen and oxygen atoms in total. The molecule has 2 unspecified atom stereocenters. The van der Waals surface area contributed by atoms with Crippen LogP contribution < -0.4 is 0 Å². The molecule has 1 aliphatic heterocycles. The number of benzene rings is 1. The molecule has 0 amide bonds. The summed E-state index contributed by atoms with van der Waals surface area (Å²) in [5, 5.41) is 11.2. The van der Waals surface area contributed by atoms with Crippen molar-refractivity contribution < 1.29 is 9.50 Å². The van der Waals surface area contributed by atoms with Crippen molar-refractivity contribution in [3.05, 3.63) is 34.6 Å². The van der Waals surface area contributed by atoms with E-state index >= 15 is 0 Å². The third-order valence-electron chi connectivity index (χ3n) is 4.68. The van der Waals surface area contributed by atoms with Gasteiger partial charge in [0.25, 0.3) is 0 Å². The zero-order valence-electron chi connectivity index (χ0n) is 12.2. The summed E-state index contributed by atoms with van der Waals surface area (Å²) in [6.45, 7) is 6.24. The second kappa shape index (κ2) is 6.42. The molecule has 0 bridgehead atoms. The molecular weight excluding hydrogens is 277 g/mol. The lowest BCUT2D eigenvalue weighted by Gasteiger charge is -2.42. The van der Waals surface area contributed by atoms with Crippen LogP contribution in [0.3, 0.4) is 0 Å². The van der Waals surface area contributed by atoms with Gasteiger partial charge in [0.15, 0.2) is 0 Å². The lowest BCUT2D eigenvalue weighted by molar-refractivity contribution is -0.0117. The topological polar surface area (TPSA) is 23.5 Å². The molecule has 2 atom stereocenters. The summed E-state index contributed by atoms with van der Waals surface area (Å²) < 4.78 is 13.3. The Morgan fingerprint density at radius 3 is 2.65 bits per heavy atom. The molecule has 1 aliphatic rings. The molecule has 2 rings (SSSR count). The van der Waals surface area contributed by atoms with Crippen LogP contribution in [0.1, 0.15) is 38.7 Å². The molecule has 0 aliphatic carbocycles. The van der Waals surface area contributed by atoms with Crippen LogP contribution in [0.4, 0.5) is 4.39 Å². The highest BCUT2D eigenvalue weighted by atomic mass is 35.5. The van der Waals surface area contributed by atoms with Crippen molar-refractivity contribution in [3.8, 4) is 0 Å². The fraction of sp³-hybridized carbons (Fsp3) is 0.625. The minimum Gasteiger partial charge on any atom is -0.391 e. The van der Waals surface area contributed by atoms with Crippen LogP contribution in [-0.4, -0.2) is 34.7 Å². The standard InChI is InChI=1S/C16H23ClFNO/c1-3-16(2,19-8-4-5-9-19)15(20)11-12-10-13(18)6-7-14(12)17/h6-7,10,15,20H,3-5,8-9,11H2,1-2H3. The van der Waals surface area contributed by atoms with Gasteiger partial charge in [-0.3, -0.25) is 4.90 Å². The number of likely N-dealkylation sites (tertiary alicyclic amines) is 1. The molecule has 4 heteroatoms. The van der Waals surface area contributed by atoms with Crippen LogP contribution in [0.2, 0.25) is 5.02 Å². The molecule has 20 heavy (non-hydrogen) atoms. The molecular formula is C16H23ClFNO. The summed E-state index contributed by atoms with van der Waals surface area (Å²) in [4.78, 5) is 2.35. The van der Waals surface area contributed by atoms with Crippen molar-refractivity contribution in [2.75, 3.05) is 13.1 Å². The maximum absolute atomic E-state index is 13.3. The lowest BCUT2D eigenvalue weighted by atomic mass is 9.86. The fourth-order valence-electron chi connectivity index (χ4n) is 3.03. The maximum atomic E-state index is 13.3. The zero-order valence-corrected chi connectivity index (χ0v) is 13.0. The van der Waals surface area contributed by atoms with Gasteiger partial charge in [0, 0.05) is 17.0 Å². The average molecular weight is 300 g/mol. The van der Waals surface area contributed by atoms with Crippen molar-refractivity contribution in [1.29, 1.82) is 0 Å². The summed E-state index contributed by atoms with van der Waals surface area (Å²) >= 11 is 6.10. The number of aliphatic hydroxyl groups is 1. The average Bonchev–Trinajstić information content (AvgIpc) is 2.96. The van der Waals surface area contributed by atoms with E-state index in [9.17, 15) is 9.50 Å². The number of hydrogen-bond donors (Lipinski definition) is 1. The van der Waals surface area contributed by atoms with Gasteiger partial charge in [-0.2, -0.15) is 0 Å². The van der Waals surface area contributed by atoms with Gasteiger partial charge in [-0.1, -0.05) is 18.5 Å². The maximum Gasteiger partial charge on any atom is 0.123 e. The summed E-state index contributed by atoms with van der Waals surface area (Å²) in [5.41, 5.74) is 0.407. The van der Waals surface area contributed by atoms with Crippen LogP contribution in [0, 0.1) is 5.82 Å². The van der Waals surface area contributed by atoms with E-state index in [2.05, 4.69) is 18.7 Å². The molecule has 1 fully saturated rings. The van der Waals surface area contributed by atoms with E-state index in [0.29, 0.717) is 17.0 Å². The molecule has 0 aromatic heterocycles. The van der Waals surface area contributed by atoms with Gasteiger partial charge < -0.3 is 5.11 Å². The van der Waals surface area contributed by atoms with Gasteiger partial charge in [-0.25, -0.2) is 4.39 Å². The third kappa shape index (κ3) is 3.16. The van der Waals surface area contributed by atoms with Crippen molar-refractivity contribution in [2.24, 2.45) is 0 Å². The van der Waals surface area contributed by atoms with Crippen molar-refractivity contribution in [3.63, 3.8) is 0 Å². The van der Waals surface area contributed by atoms with Gasteiger partial charge in [-0.15, -0.1) is 0 Å². The van der Waals surface area contributed by atoms with Gasteiger partial charge in [0.05, 0.1) is 6.10 Å².